The van der Waals surface area contributed by atoms with Gasteiger partial charge in [-0.1, -0.05) is 13.8 Å². The zero-order chi connectivity index (χ0) is 14.5. The van der Waals surface area contributed by atoms with Crippen LogP contribution in [0.2, 0.25) is 0 Å². The van der Waals surface area contributed by atoms with E-state index in [-0.39, 0.29) is 5.91 Å². The molecule has 0 radical (unpaired) electrons. The molecule has 0 unspecified atom stereocenters. The molecule has 5 heteroatoms. The Labute approximate surface area is 121 Å². The van der Waals surface area contributed by atoms with Gasteiger partial charge in [-0.2, -0.15) is 0 Å². The molecule has 0 atom stereocenters. The number of aromatic nitrogens is 2. The van der Waals surface area contributed by atoms with Crippen LogP contribution in [-0.4, -0.2) is 47.0 Å². The second kappa shape index (κ2) is 6.68. The molecule has 1 aliphatic rings. The van der Waals surface area contributed by atoms with Crippen LogP contribution in [-0.2, 0) is 4.79 Å². The molecule has 0 saturated carbocycles. The van der Waals surface area contributed by atoms with E-state index < -0.39 is 0 Å². The molecule has 5 nitrogen and oxygen atoms in total. The van der Waals surface area contributed by atoms with Gasteiger partial charge in [-0.25, -0.2) is 9.97 Å². The topological polar surface area (TPSA) is 49.3 Å². The summed E-state index contributed by atoms with van der Waals surface area (Å²) in [7, 11) is 0. The minimum Gasteiger partial charge on any atom is -0.353 e. The maximum Gasteiger partial charge on any atom is 0.219 e. The second-order valence-electron chi connectivity index (χ2n) is 5.31. The van der Waals surface area contributed by atoms with E-state index in [0.717, 1.165) is 50.5 Å². The predicted octanol–water partition coefficient (Wildman–Crippen LogP) is 2.05. The Morgan fingerprint density at radius 2 is 1.85 bits per heavy atom. The summed E-state index contributed by atoms with van der Waals surface area (Å²) in [4.78, 5) is 24.3. The number of amides is 1. The number of carbonyl (C=O) groups is 1. The van der Waals surface area contributed by atoms with Gasteiger partial charge in [-0.15, -0.1) is 0 Å². The molecule has 2 rings (SSSR count). The summed E-state index contributed by atoms with van der Waals surface area (Å²) in [6.07, 6.45) is 3.87. The smallest absolute Gasteiger partial charge is 0.219 e. The van der Waals surface area contributed by atoms with Crippen LogP contribution < -0.4 is 4.90 Å². The molecule has 1 aromatic rings. The van der Waals surface area contributed by atoms with Crippen molar-refractivity contribution >= 4 is 11.7 Å². The number of rotatable bonds is 4. The minimum atomic E-state index is 0.157. The third-order valence-corrected chi connectivity index (χ3v) is 4.13. The molecule has 0 bridgehead atoms. The molecule has 2 heterocycles. The summed E-state index contributed by atoms with van der Waals surface area (Å²) in [5.74, 6) is 1.66. The van der Waals surface area contributed by atoms with Crippen LogP contribution >= 0.6 is 0 Å². The van der Waals surface area contributed by atoms with Crippen molar-refractivity contribution in [3.05, 3.63) is 18.1 Å². The number of hydrogen-bond donors (Lipinski definition) is 0. The van der Waals surface area contributed by atoms with Crippen molar-refractivity contribution in [2.75, 3.05) is 31.1 Å². The zero-order valence-electron chi connectivity index (χ0n) is 12.7. The number of anilines is 1. The molecular formula is C15H24N4O. The first-order valence-electron chi connectivity index (χ1n) is 7.48. The lowest BCUT2D eigenvalue weighted by Crippen LogP contribution is -2.48. The maximum absolute atomic E-state index is 11.3. The normalized spacial score (nSPS) is 15.8. The molecule has 0 spiro atoms. The standard InChI is InChI=1S/C15H24N4O/c1-4-13(5-2)14-10-15(17-11-16-14)19-8-6-18(7-9-19)12(3)20/h10-11,13H,4-9H2,1-3H3. The van der Waals surface area contributed by atoms with E-state index in [1.54, 1.807) is 13.3 Å². The number of hydrogen-bond acceptors (Lipinski definition) is 4. The monoisotopic (exact) mass is 276 g/mol. The maximum atomic E-state index is 11.3. The fourth-order valence-corrected chi connectivity index (χ4v) is 2.72. The molecule has 110 valence electrons. The van der Waals surface area contributed by atoms with Crippen LogP contribution in [0.25, 0.3) is 0 Å². The highest BCUT2D eigenvalue weighted by Crippen LogP contribution is 2.23. The van der Waals surface area contributed by atoms with Gasteiger partial charge in [0.05, 0.1) is 0 Å². The summed E-state index contributed by atoms with van der Waals surface area (Å²) in [5, 5.41) is 0. The Hall–Kier alpha value is -1.65. The summed E-state index contributed by atoms with van der Waals surface area (Å²) in [6, 6.07) is 2.11. The highest BCUT2D eigenvalue weighted by molar-refractivity contribution is 5.73. The van der Waals surface area contributed by atoms with Gasteiger partial charge in [0.15, 0.2) is 0 Å². The summed E-state index contributed by atoms with van der Waals surface area (Å²) < 4.78 is 0. The van der Waals surface area contributed by atoms with E-state index >= 15 is 0 Å². The SMILES string of the molecule is CCC(CC)c1cc(N2CCN(C(C)=O)CC2)ncn1. The zero-order valence-corrected chi connectivity index (χ0v) is 12.7. The molecule has 0 aromatic carbocycles. The van der Waals surface area contributed by atoms with Crippen LogP contribution in [0.4, 0.5) is 5.82 Å². The van der Waals surface area contributed by atoms with Crippen molar-refractivity contribution in [3.8, 4) is 0 Å². The third-order valence-electron chi connectivity index (χ3n) is 4.13. The minimum absolute atomic E-state index is 0.157. The average Bonchev–Trinajstić information content (AvgIpc) is 2.49. The molecule has 1 aliphatic heterocycles. The van der Waals surface area contributed by atoms with Gasteiger partial charge in [-0.05, 0) is 12.8 Å². The van der Waals surface area contributed by atoms with Gasteiger partial charge in [-0.3, -0.25) is 4.79 Å². The van der Waals surface area contributed by atoms with Gasteiger partial charge in [0.2, 0.25) is 5.91 Å². The number of carbonyl (C=O) groups excluding carboxylic acids is 1. The van der Waals surface area contributed by atoms with E-state index in [0.29, 0.717) is 5.92 Å². The van der Waals surface area contributed by atoms with Crippen LogP contribution in [0.3, 0.4) is 0 Å². The summed E-state index contributed by atoms with van der Waals surface area (Å²) in [5.41, 5.74) is 1.13. The fraction of sp³-hybridized carbons (Fsp3) is 0.667. The predicted molar refractivity (Wildman–Crippen MR) is 79.8 cm³/mol. The Morgan fingerprint density at radius 1 is 1.20 bits per heavy atom. The Balaban J connectivity index is 2.07. The van der Waals surface area contributed by atoms with Crippen molar-refractivity contribution in [2.45, 2.75) is 39.5 Å². The van der Waals surface area contributed by atoms with Crippen molar-refractivity contribution in [1.29, 1.82) is 0 Å². The Kier molecular flexibility index (Phi) is 4.93. The first kappa shape index (κ1) is 14.8. The molecule has 1 amide bonds. The number of piperazine rings is 1. The van der Waals surface area contributed by atoms with E-state index in [2.05, 4.69) is 34.8 Å². The van der Waals surface area contributed by atoms with Crippen molar-refractivity contribution in [2.24, 2.45) is 0 Å². The molecule has 20 heavy (non-hydrogen) atoms. The van der Waals surface area contributed by atoms with E-state index in [9.17, 15) is 4.79 Å². The van der Waals surface area contributed by atoms with Crippen LogP contribution in [0, 0.1) is 0 Å². The molecule has 0 N–H and O–H groups in total. The lowest BCUT2D eigenvalue weighted by molar-refractivity contribution is -0.129. The van der Waals surface area contributed by atoms with Crippen LogP contribution in [0.5, 0.6) is 0 Å². The fourth-order valence-electron chi connectivity index (χ4n) is 2.72. The van der Waals surface area contributed by atoms with Gasteiger partial charge in [0, 0.05) is 50.8 Å². The first-order valence-corrected chi connectivity index (χ1v) is 7.48. The van der Waals surface area contributed by atoms with Gasteiger partial charge in [0.1, 0.15) is 12.1 Å². The quantitative estimate of drug-likeness (QED) is 0.844. The molecule has 1 saturated heterocycles. The third kappa shape index (κ3) is 3.26. The van der Waals surface area contributed by atoms with E-state index in [1.807, 2.05) is 4.90 Å². The highest BCUT2D eigenvalue weighted by Gasteiger charge is 2.20. The number of nitrogens with zero attached hydrogens (tertiary/aromatic N) is 4. The van der Waals surface area contributed by atoms with Crippen molar-refractivity contribution in [3.63, 3.8) is 0 Å². The molecular weight excluding hydrogens is 252 g/mol. The lowest BCUT2D eigenvalue weighted by Gasteiger charge is -2.35. The lowest BCUT2D eigenvalue weighted by atomic mass is 9.99. The molecule has 1 fully saturated rings. The first-order chi connectivity index (χ1) is 9.65. The van der Waals surface area contributed by atoms with Gasteiger partial charge in [0.25, 0.3) is 0 Å². The molecule has 1 aromatic heterocycles. The summed E-state index contributed by atoms with van der Waals surface area (Å²) in [6.45, 7) is 9.27. The van der Waals surface area contributed by atoms with E-state index in [1.165, 1.54) is 0 Å². The highest BCUT2D eigenvalue weighted by atomic mass is 16.2. The summed E-state index contributed by atoms with van der Waals surface area (Å²) >= 11 is 0. The van der Waals surface area contributed by atoms with Gasteiger partial charge < -0.3 is 9.80 Å². The largest absolute Gasteiger partial charge is 0.353 e. The Morgan fingerprint density at radius 3 is 2.40 bits per heavy atom. The van der Waals surface area contributed by atoms with Crippen molar-refractivity contribution in [1.82, 2.24) is 14.9 Å². The second-order valence-corrected chi connectivity index (χ2v) is 5.31. The van der Waals surface area contributed by atoms with Crippen molar-refractivity contribution < 1.29 is 4.79 Å². The molecule has 0 aliphatic carbocycles. The van der Waals surface area contributed by atoms with Gasteiger partial charge >= 0.3 is 0 Å². The van der Waals surface area contributed by atoms with E-state index in [4.69, 9.17) is 0 Å². The average molecular weight is 276 g/mol. The Bertz CT molecular complexity index is 451. The van der Waals surface area contributed by atoms with Crippen LogP contribution in [0.15, 0.2) is 12.4 Å². The van der Waals surface area contributed by atoms with Crippen LogP contribution in [0.1, 0.15) is 45.2 Å².